The lowest BCUT2D eigenvalue weighted by Gasteiger charge is -2.41. The molecular formula is C24H31F2N3O4. The number of amides is 4. The Hall–Kier alpha value is -2.55. The molecule has 0 bridgehead atoms. The second-order valence-electron chi connectivity index (χ2n) is 9.27. The van der Waals surface area contributed by atoms with Crippen molar-refractivity contribution < 1.29 is 27.9 Å². The summed E-state index contributed by atoms with van der Waals surface area (Å²) in [6, 6.07) is 2.72. The van der Waals surface area contributed by atoms with Gasteiger partial charge in [-0.3, -0.25) is 14.5 Å². The molecule has 7 nitrogen and oxygen atoms in total. The monoisotopic (exact) mass is 463 g/mol. The van der Waals surface area contributed by atoms with Crippen molar-refractivity contribution in [2.75, 3.05) is 26.2 Å². The van der Waals surface area contributed by atoms with E-state index >= 15 is 0 Å². The molecule has 0 spiro atoms. The van der Waals surface area contributed by atoms with Gasteiger partial charge >= 0.3 is 6.03 Å². The van der Waals surface area contributed by atoms with Crippen LogP contribution in [0.2, 0.25) is 0 Å². The Morgan fingerprint density at radius 3 is 2.64 bits per heavy atom. The minimum atomic E-state index is -0.964. The number of carbonyl (C=O) groups is 3. The number of piperidine rings is 1. The summed E-state index contributed by atoms with van der Waals surface area (Å²) in [6.07, 6.45) is 3.82. The number of hydrogen-bond donors (Lipinski definition) is 1. The Bertz CT molecular complexity index is 913. The highest BCUT2D eigenvalue weighted by atomic mass is 19.1. The molecule has 9 heteroatoms. The smallest absolute Gasteiger partial charge is 0.325 e. The lowest BCUT2D eigenvalue weighted by Crippen LogP contribution is -2.56. The number of benzene rings is 1. The van der Waals surface area contributed by atoms with E-state index in [1.54, 1.807) is 4.90 Å². The number of hydrogen-bond acceptors (Lipinski definition) is 4. The predicted molar refractivity (Wildman–Crippen MR) is 116 cm³/mol. The summed E-state index contributed by atoms with van der Waals surface area (Å²) >= 11 is 0. The van der Waals surface area contributed by atoms with Crippen molar-refractivity contribution in [3.63, 3.8) is 0 Å². The second kappa shape index (κ2) is 9.75. The van der Waals surface area contributed by atoms with E-state index in [0.29, 0.717) is 39.0 Å². The van der Waals surface area contributed by atoms with Crippen LogP contribution in [-0.2, 0) is 20.7 Å². The van der Waals surface area contributed by atoms with Crippen molar-refractivity contribution >= 4 is 17.8 Å². The minimum Gasteiger partial charge on any atom is -0.376 e. The van der Waals surface area contributed by atoms with Crippen LogP contribution in [0.3, 0.4) is 0 Å². The first-order valence-electron chi connectivity index (χ1n) is 11.8. The molecule has 1 aromatic carbocycles. The molecule has 33 heavy (non-hydrogen) atoms. The average Bonchev–Trinajstić information content (AvgIpc) is 3.40. The van der Waals surface area contributed by atoms with E-state index in [9.17, 15) is 23.2 Å². The molecule has 4 rings (SSSR count). The van der Waals surface area contributed by atoms with Crippen LogP contribution in [0.5, 0.6) is 0 Å². The summed E-state index contributed by atoms with van der Waals surface area (Å²) in [5.74, 6) is -1.76. The lowest BCUT2D eigenvalue weighted by molar-refractivity contribution is -0.136. The van der Waals surface area contributed by atoms with E-state index in [0.717, 1.165) is 37.5 Å². The molecule has 0 saturated carbocycles. The van der Waals surface area contributed by atoms with Crippen molar-refractivity contribution in [3.8, 4) is 0 Å². The highest BCUT2D eigenvalue weighted by Crippen LogP contribution is 2.37. The topological polar surface area (TPSA) is 79.0 Å². The molecule has 1 N–H and O–H groups in total. The van der Waals surface area contributed by atoms with Gasteiger partial charge in [-0.25, -0.2) is 13.6 Å². The van der Waals surface area contributed by atoms with Gasteiger partial charge in [0, 0.05) is 25.3 Å². The number of halogens is 2. The van der Waals surface area contributed by atoms with E-state index in [4.69, 9.17) is 4.74 Å². The molecule has 1 aromatic rings. The maximum Gasteiger partial charge on any atom is 0.325 e. The number of urea groups is 1. The fourth-order valence-electron chi connectivity index (χ4n) is 5.42. The Morgan fingerprint density at radius 2 is 1.97 bits per heavy atom. The Kier molecular flexibility index (Phi) is 6.97. The summed E-state index contributed by atoms with van der Waals surface area (Å²) in [4.78, 5) is 41.9. The number of ether oxygens (including phenoxy) is 1. The highest BCUT2D eigenvalue weighted by molar-refractivity contribution is 6.07. The fourth-order valence-corrected chi connectivity index (χ4v) is 5.42. The number of carbonyl (C=O) groups excluding carboxylic acids is 3. The van der Waals surface area contributed by atoms with Gasteiger partial charge < -0.3 is 15.0 Å². The normalized spacial score (nSPS) is 26.2. The molecule has 2 atom stereocenters. The summed E-state index contributed by atoms with van der Waals surface area (Å²) in [5.41, 5.74) is -0.929. The molecule has 3 fully saturated rings. The van der Waals surface area contributed by atoms with E-state index in [1.807, 2.05) is 6.92 Å². The first kappa shape index (κ1) is 23.6. The van der Waals surface area contributed by atoms with Gasteiger partial charge in [-0.1, -0.05) is 13.3 Å². The van der Waals surface area contributed by atoms with E-state index < -0.39 is 17.2 Å². The summed E-state index contributed by atoms with van der Waals surface area (Å²) in [7, 11) is 0. The van der Waals surface area contributed by atoms with Gasteiger partial charge in [-0.2, -0.15) is 0 Å². The first-order valence-corrected chi connectivity index (χ1v) is 11.8. The van der Waals surface area contributed by atoms with Crippen molar-refractivity contribution in [3.05, 3.63) is 35.4 Å². The van der Waals surface area contributed by atoms with E-state index in [-0.39, 0.29) is 48.4 Å². The first-order chi connectivity index (χ1) is 15.8. The Labute approximate surface area is 192 Å². The molecular weight excluding hydrogens is 432 g/mol. The zero-order valence-corrected chi connectivity index (χ0v) is 18.9. The van der Waals surface area contributed by atoms with Crippen LogP contribution < -0.4 is 5.32 Å². The summed E-state index contributed by atoms with van der Waals surface area (Å²) < 4.78 is 33.0. The molecule has 0 unspecified atom stereocenters. The molecule has 3 aliphatic rings. The molecule has 3 heterocycles. The summed E-state index contributed by atoms with van der Waals surface area (Å²) in [5, 5.41) is 3.00. The molecule has 180 valence electrons. The average molecular weight is 464 g/mol. The second-order valence-corrected chi connectivity index (χ2v) is 9.27. The molecule has 0 aromatic heterocycles. The van der Waals surface area contributed by atoms with Crippen LogP contribution in [0.1, 0.15) is 51.0 Å². The van der Waals surface area contributed by atoms with Gasteiger partial charge in [0.1, 0.15) is 17.2 Å². The fraction of sp³-hybridized carbons (Fsp3) is 0.625. The number of imide groups is 1. The SMILES string of the molecule is CCC[C@]1(C2CCN(C(=O)Cc3cc(F)ccc3F)CC2)NC(=O)N(C[C@H]2CCCO2)C1=O. The van der Waals surface area contributed by atoms with E-state index in [2.05, 4.69) is 5.32 Å². The molecule has 0 radical (unpaired) electrons. The van der Waals surface area contributed by atoms with Crippen molar-refractivity contribution in [2.24, 2.45) is 5.92 Å². The molecule has 3 saturated heterocycles. The maximum atomic E-state index is 13.9. The maximum absolute atomic E-state index is 13.9. The number of rotatable bonds is 7. The van der Waals surface area contributed by atoms with Crippen molar-refractivity contribution in [1.82, 2.24) is 15.1 Å². The number of likely N-dealkylation sites (tertiary alicyclic amines) is 1. The quantitative estimate of drug-likeness (QED) is 0.631. The third kappa shape index (κ3) is 4.74. The standard InChI is InChI=1S/C24H31F2N3O4/c1-2-9-24(22(31)29(23(32)27-24)15-19-4-3-12-33-19)17-7-10-28(11-8-17)21(30)14-16-13-18(25)5-6-20(16)26/h5-6,13,17,19H,2-4,7-12,14-15H2,1H3,(H,27,32)/t19-,24-/m1/s1. The van der Waals surface area contributed by atoms with Crippen LogP contribution in [-0.4, -0.2) is 65.5 Å². The van der Waals surface area contributed by atoms with Crippen molar-refractivity contribution in [1.29, 1.82) is 0 Å². The lowest BCUT2D eigenvalue weighted by atomic mass is 9.74. The Balaban J connectivity index is 1.41. The third-order valence-corrected chi connectivity index (χ3v) is 7.15. The Morgan fingerprint density at radius 1 is 1.21 bits per heavy atom. The zero-order chi connectivity index (χ0) is 23.6. The molecule has 4 amide bonds. The van der Waals surface area contributed by atoms with Gasteiger partial charge in [-0.15, -0.1) is 0 Å². The van der Waals surface area contributed by atoms with Gasteiger partial charge in [0.2, 0.25) is 5.91 Å². The third-order valence-electron chi connectivity index (χ3n) is 7.15. The highest BCUT2D eigenvalue weighted by Gasteiger charge is 2.55. The molecule has 0 aliphatic carbocycles. The van der Waals surface area contributed by atoms with E-state index in [1.165, 1.54) is 4.90 Å². The van der Waals surface area contributed by atoms with Crippen LogP contribution in [0, 0.1) is 17.6 Å². The van der Waals surface area contributed by atoms with Crippen LogP contribution in [0.25, 0.3) is 0 Å². The largest absolute Gasteiger partial charge is 0.376 e. The van der Waals surface area contributed by atoms with Gasteiger partial charge in [0.25, 0.3) is 5.91 Å². The summed E-state index contributed by atoms with van der Waals surface area (Å²) in [6.45, 7) is 3.71. The van der Waals surface area contributed by atoms with Crippen LogP contribution in [0.4, 0.5) is 13.6 Å². The predicted octanol–water partition coefficient (Wildman–Crippen LogP) is 3.02. The minimum absolute atomic E-state index is 0.0348. The number of nitrogens with zero attached hydrogens (tertiary/aromatic N) is 2. The van der Waals surface area contributed by atoms with Crippen molar-refractivity contribution in [2.45, 2.75) is 63.5 Å². The zero-order valence-electron chi connectivity index (χ0n) is 18.9. The van der Waals surface area contributed by atoms with Gasteiger partial charge in [0.15, 0.2) is 0 Å². The van der Waals surface area contributed by atoms with Crippen LogP contribution >= 0.6 is 0 Å². The number of nitrogens with one attached hydrogen (secondary N) is 1. The molecule has 3 aliphatic heterocycles. The van der Waals surface area contributed by atoms with Gasteiger partial charge in [-0.05, 0) is 56.2 Å². The van der Waals surface area contributed by atoms with Crippen LogP contribution in [0.15, 0.2) is 18.2 Å². The van der Waals surface area contributed by atoms with Gasteiger partial charge in [0.05, 0.1) is 19.1 Å².